The molecule has 0 amide bonds. The summed E-state index contributed by atoms with van der Waals surface area (Å²) < 4.78 is 0. The van der Waals surface area contributed by atoms with E-state index in [1.165, 1.54) is 6.07 Å². The number of rotatable bonds is 4. The maximum Gasteiger partial charge on any atom is 0.252 e. The third-order valence-electron chi connectivity index (χ3n) is 2.06. The highest BCUT2D eigenvalue weighted by atomic mass is 16.1. The molecule has 15 heavy (non-hydrogen) atoms. The van der Waals surface area contributed by atoms with Gasteiger partial charge >= 0.3 is 0 Å². The number of aromatic amines is 1. The van der Waals surface area contributed by atoms with E-state index in [9.17, 15) is 4.79 Å². The van der Waals surface area contributed by atoms with Crippen LogP contribution in [0.15, 0.2) is 10.9 Å². The van der Waals surface area contributed by atoms with Crippen LogP contribution in [0.1, 0.15) is 26.1 Å². The van der Waals surface area contributed by atoms with E-state index in [2.05, 4.69) is 21.2 Å². The van der Waals surface area contributed by atoms with Gasteiger partial charge in [0, 0.05) is 12.5 Å². The Morgan fingerprint density at radius 2 is 2.40 bits per heavy atom. The lowest BCUT2D eigenvalue weighted by Gasteiger charge is -2.11. The van der Waals surface area contributed by atoms with E-state index in [0.717, 1.165) is 6.42 Å². The minimum absolute atomic E-state index is 0.0796. The zero-order valence-electron chi connectivity index (χ0n) is 9.00. The molecule has 0 aliphatic heterocycles. The van der Waals surface area contributed by atoms with E-state index in [0.29, 0.717) is 18.1 Å². The average molecular weight is 205 g/mol. The third-order valence-corrected chi connectivity index (χ3v) is 2.06. The van der Waals surface area contributed by atoms with Gasteiger partial charge in [0.1, 0.15) is 11.6 Å². The molecule has 0 saturated heterocycles. The summed E-state index contributed by atoms with van der Waals surface area (Å²) in [5.41, 5.74) is -0.156. The number of terminal acetylenes is 1. The fourth-order valence-corrected chi connectivity index (χ4v) is 1.19. The van der Waals surface area contributed by atoms with E-state index >= 15 is 0 Å². The molecule has 0 aromatic carbocycles. The summed E-state index contributed by atoms with van der Waals surface area (Å²) >= 11 is 0. The topological polar surface area (TPSA) is 57.8 Å². The smallest absolute Gasteiger partial charge is 0.252 e. The number of anilines is 1. The van der Waals surface area contributed by atoms with Crippen molar-refractivity contribution >= 4 is 5.82 Å². The molecule has 0 fully saturated rings. The maximum absolute atomic E-state index is 11.2. The Labute approximate surface area is 89.1 Å². The van der Waals surface area contributed by atoms with Gasteiger partial charge in [-0.1, -0.05) is 19.8 Å². The van der Waals surface area contributed by atoms with Crippen LogP contribution in [0.4, 0.5) is 5.82 Å². The number of hydrogen-bond acceptors (Lipinski definition) is 3. The Hall–Kier alpha value is -1.76. The minimum atomic E-state index is -0.156. The van der Waals surface area contributed by atoms with E-state index in [-0.39, 0.29) is 11.6 Å². The van der Waals surface area contributed by atoms with Gasteiger partial charge in [0.25, 0.3) is 5.56 Å². The number of aromatic nitrogens is 2. The molecule has 1 aromatic heterocycles. The van der Waals surface area contributed by atoms with Gasteiger partial charge in [0.15, 0.2) is 0 Å². The van der Waals surface area contributed by atoms with E-state index in [1.807, 2.05) is 13.8 Å². The Kier molecular flexibility index (Phi) is 3.92. The number of hydrogen-bond donors (Lipinski definition) is 2. The molecule has 4 nitrogen and oxygen atoms in total. The van der Waals surface area contributed by atoms with E-state index in [1.54, 1.807) is 0 Å². The van der Waals surface area contributed by atoms with Crippen molar-refractivity contribution in [2.45, 2.75) is 32.7 Å². The molecule has 0 aliphatic carbocycles. The highest BCUT2D eigenvalue weighted by Gasteiger charge is 2.04. The van der Waals surface area contributed by atoms with Crippen LogP contribution in [-0.2, 0) is 6.42 Å². The molecule has 2 N–H and O–H groups in total. The molecule has 0 bridgehead atoms. The molecule has 1 unspecified atom stereocenters. The molecule has 4 heteroatoms. The van der Waals surface area contributed by atoms with Crippen LogP contribution in [0.25, 0.3) is 0 Å². The van der Waals surface area contributed by atoms with Crippen molar-refractivity contribution in [2.75, 3.05) is 5.32 Å². The van der Waals surface area contributed by atoms with Crippen LogP contribution in [0.2, 0.25) is 0 Å². The number of aryl methyl sites for hydroxylation is 1. The van der Waals surface area contributed by atoms with E-state index < -0.39 is 0 Å². The van der Waals surface area contributed by atoms with Crippen LogP contribution in [0, 0.1) is 12.3 Å². The molecule has 1 atom stereocenters. The van der Waals surface area contributed by atoms with Crippen molar-refractivity contribution in [1.29, 1.82) is 0 Å². The summed E-state index contributed by atoms with van der Waals surface area (Å²) in [6, 6.07) is 1.34. The molecule has 0 radical (unpaired) electrons. The Morgan fingerprint density at radius 3 is 2.93 bits per heavy atom. The second-order valence-corrected chi connectivity index (χ2v) is 3.20. The van der Waals surface area contributed by atoms with Crippen LogP contribution < -0.4 is 10.9 Å². The van der Waals surface area contributed by atoms with Crippen molar-refractivity contribution in [3.05, 3.63) is 22.2 Å². The third kappa shape index (κ3) is 3.13. The van der Waals surface area contributed by atoms with E-state index in [4.69, 9.17) is 6.42 Å². The van der Waals surface area contributed by atoms with Gasteiger partial charge in [-0.3, -0.25) is 4.79 Å². The van der Waals surface area contributed by atoms with Crippen molar-refractivity contribution in [2.24, 2.45) is 0 Å². The average Bonchev–Trinajstić information content (AvgIpc) is 2.25. The first-order valence-corrected chi connectivity index (χ1v) is 5.02. The van der Waals surface area contributed by atoms with Crippen molar-refractivity contribution in [1.82, 2.24) is 9.97 Å². The maximum atomic E-state index is 11.2. The quantitative estimate of drug-likeness (QED) is 0.725. The lowest BCUT2D eigenvalue weighted by atomic mass is 10.2. The van der Waals surface area contributed by atoms with Gasteiger partial charge in [-0.15, -0.1) is 6.42 Å². The first kappa shape index (κ1) is 11.3. The summed E-state index contributed by atoms with van der Waals surface area (Å²) in [5, 5.41) is 3.03. The van der Waals surface area contributed by atoms with Crippen molar-refractivity contribution in [3.63, 3.8) is 0 Å². The number of nitrogens with zero attached hydrogens (tertiary/aromatic N) is 1. The molecule has 1 rings (SSSR count). The second kappa shape index (κ2) is 5.20. The minimum Gasteiger partial charge on any atom is -0.356 e. The van der Waals surface area contributed by atoms with Crippen molar-refractivity contribution < 1.29 is 0 Å². The van der Waals surface area contributed by atoms with Gasteiger partial charge in [-0.2, -0.15) is 0 Å². The van der Waals surface area contributed by atoms with Gasteiger partial charge in [-0.05, 0) is 6.42 Å². The lowest BCUT2D eigenvalue weighted by Crippen LogP contribution is -2.20. The summed E-state index contributed by atoms with van der Waals surface area (Å²) in [4.78, 5) is 18.1. The molecule has 0 saturated carbocycles. The monoisotopic (exact) mass is 205 g/mol. The fraction of sp³-hybridized carbons (Fsp3) is 0.455. The first-order chi connectivity index (χ1) is 7.19. The summed E-state index contributed by atoms with van der Waals surface area (Å²) in [5.74, 6) is 3.80. The summed E-state index contributed by atoms with van der Waals surface area (Å²) in [6.45, 7) is 3.91. The van der Waals surface area contributed by atoms with Crippen LogP contribution in [0.5, 0.6) is 0 Å². The lowest BCUT2D eigenvalue weighted by molar-refractivity contribution is 0.837. The van der Waals surface area contributed by atoms with Crippen LogP contribution in [0.3, 0.4) is 0 Å². The zero-order chi connectivity index (χ0) is 11.3. The highest BCUT2D eigenvalue weighted by molar-refractivity contribution is 5.36. The Morgan fingerprint density at radius 1 is 1.67 bits per heavy atom. The summed E-state index contributed by atoms with van der Waals surface area (Å²) in [7, 11) is 0. The van der Waals surface area contributed by atoms with Crippen LogP contribution in [-0.4, -0.2) is 16.0 Å². The van der Waals surface area contributed by atoms with Crippen molar-refractivity contribution in [3.8, 4) is 12.3 Å². The normalized spacial score (nSPS) is 11.8. The Balaban J connectivity index is 2.90. The standard InChI is InChI=1S/C11H15N3O/c1-4-8(5-2)12-10-7-11(15)14-9(6-3)13-10/h1,7-8H,5-6H2,2-3H3,(H2,12,13,14,15). The molecular formula is C11H15N3O. The Bertz CT molecular complexity index is 417. The predicted octanol–water partition coefficient (Wildman–Crippen LogP) is 1.16. The SMILES string of the molecule is C#CC(CC)Nc1cc(=O)[nH]c(CC)n1. The fourth-order valence-electron chi connectivity index (χ4n) is 1.19. The highest BCUT2D eigenvalue weighted by Crippen LogP contribution is 2.03. The molecule has 0 aliphatic rings. The molecule has 1 heterocycles. The van der Waals surface area contributed by atoms with Gasteiger partial charge in [0.05, 0.1) is 6.04 Å². The second-order valence-electron chi connectivity index (χ2n) is 3.20. The number of H-pyrrole nitrogens is 1. The molecule has 80 valence electrons. The molecule has 0 spiro atoms. The predicted molar refractivity (Wildman–Crippen MR) is 60.8 cm³/mol. The molecule has 1 aromatic rings. The molecular weight excluding hydrogens is 190 g/mol. The zero-order valence-corrected chi connectivity index (χ0v) is 9.00. The number of nitrogens with one attached hydrogen (secondary N) is 2. The summed E-state index contributed by atoms with van der Waals surface area (Å²) in [6.07, 6.45) is 6.80. The van der Waals surface area contributed by atoms with Gasteiger partial charge in [0.2, 0.25) is 0 Å². The van der Waals surface area contributed by atoms with Gasteiger partial charge in [-0.25, -0.2) is 4.98 Å². The first-order valence-electron chi connectivity index (χ1n) is 5.02. The van der Waals surface area contributed by atoms with Crippen LogP contribution >= 0.6 is 0 Å². The largest absolute Gasteiger partial charge is 0.356 e. The van der Waals surface area contributed by atoms with Gasteiger partial charge < -0.3 is 10.3 Å².